The number of hydrazine groups is 1. The van der Waals surface area contributed by atoms with Gasteiger partial charge in [-0.1, -0.05) is 12.1 Å². The average molecular weight is 246 g/mol. The third-order valence-corrected chi connectivity index (χ3v) is 2.88. The first-order valence-electron chi connectivity index (χ1n) is 5.91. The molecular formula is C12H14N4O2. The molecule has 1 aromatic carbocycles. The van der Waals surface area contributed by atoms with Gasteiger partial charge in [-0.2, -0.15) is 0 Å². The van der Waals surface area contributed by atoms with Crippen LogP contribution in [0.1, 0.15) is 10.6 Å². The van der Waals surface area contributed by atoms with E-state index in [4.69, 9.17) is 4.74 Å². The van der Waals surface area contributed by atoms with Crippen molar-refractivity contribution in [2.24, 2.45) is 0 Å². The van der Waals surface area contributed by atoms with Crippen molar-refractivity contribution >= 4 is 16.9 Å². The van der Waals surface area contributed by atoms with E-state index < -0.39 is 0 Å². The van der Waals surface area contributed by atoms with Gasteiger partial charge in [0, 0.05) is 13.1 Å². The second kappa shape index (κ2) is 4.75. The number of benzene rings is 1. The highest BCUT2D eigenvalue weighted by Crippen LogP contribution is 2.10. The summed E-state index contributed by atoms with van der Waals surface area (Å²) in [5.74, 6) is 0.121. The minimum Gasteiger partial charge on any atom is -0.379 e. The van der Waals surface area contributed by atoms with Crippen LogP contribution in [-0.2, 0) is 4.74 Å². The summed E-state index contributed by atoms with van der Waals surface area (Å²) in [7, 11) is 0. The summed E-state index contributed by atoms with van der Waals surface area (Å²) in [6, 6.07) is 7.57. The van der Waals surface area contributed by atoms with Crippen LogP contribution in [0.25, 0.3) is 11.0 Å². The smallest absolute Gasteiger partial charge is 0.301 e. The fourth-order valence-electron chi connectivity index (χ4n) is 1.93. The van der Waals surface area contributed by atoms with Crippen molar-refractivity contribution < 1.29 is 9.53 Å². The van der Waals surface area contributed by atoms with Gasteiger partial charge in [-0.25, -0.2) is 9.99 Å². The summed E-state index contributed by atoms with van der Waals surface area (Å²) in [6.45, 7) is 2.68. The lowest BCUT2D eigenvalue weighted by molar-refractivity contribution is 0.0123. The third-order valence-electron chi connectivity index (χ3n) is 2.88. The molecule has 2 N–H and O–H groups in total. The molecule has 1 aromatic heterocycles. The maximum absolute atomic E-state index is 12.0. The van der Waals surface area contributed by atoms with Gasteiger partial charge in [-0.3, -0.25) is 10.2 Å². The molecule has 0 bridgehead atoms. The molecule has 2 aromatic rings. The quantitative estimate of drug-likeness (QED) is 0.811. The number of fused-ring (bicyclic) bond motifs is 1. The minimum atomic E-state index is -0.215. The van der Waals surface area contributed by atoms with Crippen LogP contribution in [0.3, 0.4) is 0 Å². The Morgan fingerprint density at radius 2 is 2.11 bits per heavy atom. The fourth-order valence-corrected chi connectivity index (χ4v) is 1.93. The van der Waals surface area contributed by atoms with Gasteiger partial charge in [0.15, 0.2) is 5.82 Å². The molecule has 6 heteroatoms. The number of nitrogens with zero attached hydrogens (tertiary/aromatic N) is 2. The van der Waals surface area contributed by atoms with Gasteiger partial charge in [0.25, 0.3) is 0 Å². The number of carbonyl (C=O) groups is 1. The Morgan fingerprint density at radius 3 is 2.89 bits per heavy atom. The van der Waals surface area contributed by atoms with Gasteiger partial charge < -0.3 is 9.72 Å². The fraction of sp³-hybridized carbons (Fsp3) is 0.333. The Labute approximate surface area is 104 Å². The standard InChI is InChI=1S/C12H14N4O2/c17-12(15-16-5-7-18-8-6-16)11-13-9-3-1-2-4-10(9)14-11/h1-4H,5-8H2,(H,13,14)(H,15,17). The minimum absolute atomic E-state index is 0.215. The monoisotopic (exact) mass is 246 g/mol. The zero-order chi connectivity index (χ0) is 12.4. The molecule has 0 radical (unpaired) electrons. The van der Waals surface area contributed by atoms with E-state index in [1.54, 1.807) is 0 Å². The lowest BCUT2D eigenvalue weighted by Gasteiger charge is -2.26. The Morgan fingerprint density at radius 1 is 1.33 bits per heavy atom. The molecule has 6 nitrogen and oxygen atoms in total. The van der Waals surface area contributed by atoms with E-state index in [-0.39, 0.29) is 5.91 Å². The number of para-hydroxylation sites is 2. The summed E-state index contributed by atoms with van der Waals surface area (Å²) >= 11 is 0. The van der Waals surface area contributed by atoms with Crippen LogP contribution in [0.2, 0.25) is 0 Å². The zero-order valence-electron chi connectivity index (χ0n) is 9.85. The number of morpholine rings is 1. The SMILES string of the molecule is O=C(NN1CCOCC1)c1nc2ccccc2[nH]1. The third kappa shape index (κ3) is 2.20. The van der Waals surface area contributed by atoms with Crippen molar-refractivity contribution in [3.05, 3.63) is 30.1 Å². The number of hydrogen-bond donors (Lipinski definition) is 2. The Balaban J connectivity index is 1.74. The predicted octanol–water partition coefficient (Wildman–Crippen LogP) is 0.540. The summed E-state index contributed by atoms with van der Waals surface area (Å²) in [4.78, 5) is 19.3. The molecule has 1 aliphatic heterocycles. The zero-order valence-corrected chi connectivity index (χ0v) is 9.85. The highest BCUT2D eigenvalue weighted by molar-refractivity contribution is 5.93. The van der Waals surface area contributed by atoms with Gasteiger partial charge in [0.2, 0.25) is 0 Å². The van der Waals surface area contributed by atoms with Crippen LogP contribution in [0, 0.1) is 0 Å². The first-order valence-corrected chi connectivity index (χ1v) is 5.91. The maximum Gasteiger partial charge on any atom is 0.301 e. The van der Waals surface area contributed by atoms with E-state index in [9.17, 15) is 4.79 Å². The van der Waals surface area contributed by atoms with E-state index in [1.165, 1.54) is 0 Å². The molecule has 18 heavy (non-hydrogen) atoms. The second-order valence-electron chi connectivity index (χ2n) is 4.14. The lowest BCUT2D eigenvalue weighted by atomic mass is 10.3. The van der Waals surface area contributed by atoms with E-state index in [2.05, 4.69) is 15.4 Å². The second-order valence-corrected chi connectivity index (χ2v) is 4.14. The number of ether oxygens (including phenoxy) is 1. The first kappa shape index (κ1) is 11.2. The van der Waals surface area contributed by atoms with Crippen LogP contribution >= 0.6 is 0 Å². The van der Waals surface area contributed by atoms with Crippen molar-refractivity contribution in [2.75, 3.05) is 26.3 Å². The molecule has 0 aliphatic carbocycles. The molecule has 2 heterocycles. The van der Waals surface area contributed by atoms with Crippen molar-refractivity contribution in [3.8, 4) is 0 Å². The number of rotatable bonds is 2. The number of nitrogens with one attached hydrogen (secondary N) is 2. The van der Waals surface area contributed by atoms with Crippen LogP contribution in [-0.4, -0.2) is 47.2 Å². The van der Waals surface area contributed by atoms with Gasteiger partial charge in [0.05, 0.1) is 24.2 Å². The van der Waals surface area contributed by atoms with Crippen molar-refractivity contribution in [1.29, 1.82) is 0 Å². The number of hydrogen-bond acceptors (Lipinski definition) is 4. The summed E-state index contributed by atoms with van der Waals surface area (Å²) < 4.78 is 5.22. The number of aromatic nitrogens is 2. The van der Waals surface area contributed by atoms with E-state index >= 15 is 0 Å². The number of aromatic amines is 1. The number of H-pyrrole nitrogens is 1. The van der Waals surface area contributed by atoms with Crippen molar-refractivity contribution in [3.63, 3.8) is 0 Å². The molecule has 1 saturated heterocycles. The van der Waals surface area contributed by atoms with E-state index in [1.807, 2.05) is 29.3 Å². The van der Waals surface area contributed by atoms with Crippen molar-refractivity contribution in [1.82, 2.24) is 20.4 Å². The number of amides is 1. The molecule has 1 fully saturated rings. The molecule has 0 atom stereocenters. The molecule has 1 amide bonds. The number of carbonyl (C=O) groups excluding carboxylic acids is 1. The van der Waals surface area contributed by atoms with Crippen LogP contribution in [0.5, 0.6) is 0 Å². The average Bonchev–Trinajstić information content (AvgIpc) is 2.84. The molecule has 0 unspecified atom stereocenters. The normalized spacial score (nSPS) is 16.9. The maximum atomic E-state index is 12.0. The Bertz CT molecular complexity index is 527. The van der Waals surface area contributed by atoms with Crippen LogP contribution < -0.4 is 5.43 Å². The molecule has 3 rings (SSSR count). The van der Waals surface area contributed by atoms with Crippen LogP contribution in [0.15, 0.2) is 24.3 Å². The summed E-state index contributed by atoms with van der Waals surface area (Å²) in [5.41, 5.74) is 4.48. The first-order chi connectivity index (χ1) is 8.83. The highest BCUT2D eigenvalue weighted by atomic mass is 16.5. The van der Waals surface area contributed by atoms with Gasteiger partial charge in [-0.15, -0.1) is 0 Å². The molecule has 0 saturated carbocycles. The van der Waals surface area contributed by atoms with Gasteiger partial charge in [-0.05, 0) is 12.1 Å². The summed E-state index contributed by atoms with van der Waals surface area (Å²) in [6.07, 6.45) is 0. The molecule has 94 valence electrons. The molecule has 1 aliphatic rings. The molecular weight excluding hydrogens is 232 g/mol. The van der Waals surface area contributed by atoms with Gasteiger partial charge in [0.1, 0.15) is 0 Å². The molecule has 0 spiro atoms. The van der Waals surface area contributed by atoms with E-state index in [0.717, 1.165) is 11.0 Å². The summed E-state index contributed by atoms with van der Waals surface area (Å²) in [5, 5.41) is 1.85. The lowest BCUT2D eigenvalue weighted by Crippen LogP contribution is -2.48. The van der Waals surface area contributed by atoms with Crippen LogP contribution in [0.4, 0.5) is 0 Å². The Hall–Kier alpha value is -1.92. The highest BCUT2D eigenvalue weighted by Gasteiger charge is 2.16. The Kier molecular flexibility index (Phi) is 2.95. The van der Waals surface area contributed by atoms with Crippen molar-refractivity contribution in [2.45, 2.75) is 0 Å². The number of imidazole rings is 1. The van der Waals surface area contributed by atoms with E-state index in [0.29, 0.717) is 32.1 Å². The van der Waals surface area contributed by atoms with Gasteiger partial charge >= 0.3 is 5.91 Å². The predicted molar refractivity (Wildman–Crippen MR) is 66.0 cm³/mol. The largest absolute Gasteiger partial charge is 0.379 e. The topological polar surface area (TPSA) is 70.2 Å².